The minimum atomic E-state index is -1.02. The number of benzene rings is 6. The van der Waals surface area contributed by atoms with Crippen molar-refractivity contribution in [2.75, 3.05) is 35.5 Å². The van der Waals surface area contributed by atoms with Gasteiger partial charge < -0.3 is 28.4 Å². The van der Waals surface area contributed by atoms with E-state index in [1.807, 2.05) is 6.07 Å². The molecule has 0 amide bonds. The average Bonchev–Trinajstić information content (AvgIpc) is 3.82. The lowest BCUT2D eigenvalue weighted by atomic mass is 9.36. The fraction of sp³-hybridized carbons (Fsp3) is 0.239. The molecule has 4 bridgehead atoms. The Morgan fingerprint density at radius 3 is 2.09 bits per heavy atom. The average molecular weight is 699 g/mol. The molecule has 7 nitrogen and oxygen atoms in total. The van der Waals surface area contributed by atoms with Crippen LogP contribution < -0.4 is 23.7 Å². The molecule has 7 heteroatoms. The highest BCUT2D eigenvalue weighted by molar-refractivity contribution is 6.31. The predicted octanol–water partition coefficient (Wildman–Crippen LogP) is 8.80. The molecule has 0 saturated carbocycles. The van der Waals surface area contributed by atoms with E-state index in [9.17, 15) is 0 Å². The Labute approximate surface area is 305 Å². The first kappa shape index (κ1) is 29.8. The van der Waals surface area contributed by atoms with Crippen molar-refractivity contribution in [3.63, 3.8) is 0 Å². The van der Waals surface area contributed by atoms with Crippen LogP contribution in [-0.4, -0.2) is 41.3 Å². The van der Waals surface area contributed by atoms with Crippen LogP contribution in [0, 0.1) is 5.41 Å². The number of hydrogen-bond acceptors (Lipinski definition) is 7. The van der Waals surface area contributed by atoms with Crippen LogP contribution in [0.4, 0.5) is 0 Å². The van der Waals surface area contributed by atoms with Crippen molar-refractivity contribution in [1.29, 1.82) is 0 Å². The van der Waals surface area contributed by atoms with Gasteiger partial charge in [-0.15, -0.1) is 0 Å². The SMILES string of the molecule is COc1cc2c(c3c1[C@@H]1C(=O)[C@@]4(Cc5ccccc5)C=Cc5c(OC)c(OC)c6ccc7c(OC)cc8c(OC)cc1c1c8c7c6c5[C@]314)[C@@H]1C=C[C@H]2O1. The number of methoxy groups -OCH3 is 5. The van der Waals surface area contributed by atoms with Gasteiger partial charge in [-0.25, -0.2) is 0 Å². The zero-order valence-electron chi connectivity index (χ0n) is 29.9. The zero-order chi connectivity index (χ0) is 35.7. The van der Waals surface area contributed by atoms with Gasteiger partial charge in [0.1, 0.15) is 29.5 Å². The van der Waals surface area contributed by atoms with Crippen LogP contribution in [0.15, 0.2) is 78.9 Å². The summed E-state index contributed by atoms with van der Waals surface area (Å²) in [5.41, 5.74) is 7.42. The molecule has 6 aromatic rings. The highest BCUT2D eigenvalue weighted by atomic mass is 16.5. The number of rotatable bonds is 7. The smallest absolute Gasteiger partial charge is 0.169 e. The Morgan fingerprint density at radius 1 is 0.642 bits per heavy atom. The normalized spacial score (nSPS) is 25.3. The second-order valence-electron chi connectivity index (χ2n) is 15.1. The van der Waals surface area contributed by atoms with Crippen LogP contribution in [0.2, 0.25) is 0 Å². The first-order chi connectivity index (χ1) is 26.0. The molecule has 0 unspecified atom stereocenters. The Balaban J connectivity index is 1.43. The predicted molar refractivity (Wildman–Crippen MR) is 202 cm³/mol. The molecule has 53 heavy (non-hydrogen) atoms. The summed E-state index contributed by atoms with van der Waals surface area (Å²) in [6.07, 6.45) is 8.73. The van der Waals surface area contributed by atoms with Gasteiger partial charge in [0.15, 0.2) is 17.3 Å². The molecule has 1 spiro atoms. The van der Waals surface area contributed by atoms with Crippen LogP contribution >= 0.6 is 0 Å². The van der Waals surface area contributed by atoms with Crippen molar-refractivity contribution >= 4 is 44.2 Å². The minimum absolute atomic E-state index is 0.148. The molecule has 6 aromatic carbocycles. The maximum Gasteiger partial charge on any atom is 0.169 e. The van der Waals surface area contributed by atoms with E-state index in [1.165, 1.54) is 0 Å². The molecule has 13 rings (SSSR count). The molecule has 0 N–H and O–H groups in total. The summed E-state index contributed by atoms with van der Waals surface area (Å²) in [5.74, 6) is 2.99. The summed E-state index contributed by atoms with van der Waals surface area (Å²) in [5, 5.41) is 6.03. The van der Waals surface area contributed by atoms with E-state index in [-0.39, 0.29) is 18.0 Å². The number of carbonyl (C=O) groups is 1. The van der Waals surface area contributed by atoms with Gasteiger partial charge in [0.2, 0.25) is 0 Å². The maximum atomic E-state index is 16.2. The topological polar surface area (TPSA) is 72.5 Å². The van der Waals surface area contributed by atoms with E-state index in [0.717, 1.165) is 88.1 Å². The Hall–Kier alpha value is -5.79. The third-order valence-corrected chi connectivity index (χ3v) is 13.3. The summed E-state index contributed by atoms with van der Waals surface area (Å²) in [4.78, 5) is 16.2. The lowest BCUT2D eigenvalue weighted by Gasteiger charge is -2.63. The second-order valence-corrected chi connectivity index (χ2v) is 15.1. The van der Waals surface area contributed by atoms with Crippen LogP contribution in [0.25, 0.3) is 38.4 Å². The van der Waals surface area contributed by atoms with Gasteiger partial charge in [-0.05, 0) is 86.5 Å². The number of fused-ring (bicyclic) bond motifs is 5. The van der Waals surface area contributed by atoms with E-state index in [4.69, 9.17) is 28.4 Å². The molecule has 0 fully saturated rings. The number of ketones is 1. The number of hydrogen-bond donors (Lipinski definition) is 0. The van der Waals surface area contributed by atoms with Gasteiger partial charge in [-0.3, -0.25) is 4.79 Å². The molecule has 0 saturated heterocycles. The van der Waals surface area contributed by atoms with Crippen LogP contribution in [-0.2, 0) is 21.4 Å². The van der Waals surface area contributed by atoms with Crippen molar-refractivity contribution in [2.45, 2.75) is 30.0 Å². The van der Waals surface area contributed by atoms with Crippen LogP contribution in [0.1, 0.15) is 68.2 Å². The third kappa shape index (κ3) is 2.98. The number of ether oxygens (including phenoxy) is 6. The van der Waals surface area contributed by atoms with Crippen molar-refractivity contribution in [3.05, 3.63) is 129 Å². The van der Waals surface area contributed by atoms with Gasteiger partial charge in [0, 0.05) is 32.7 Å². The van der Waals surface area contributed by atoms with Crippen molar-refractivity contribution < 1.29 is 33.2 Å². The van der Waals surface area contributed by atoms with E-state index < -0.39 is 16.7 Å². The van der Waals surface area contributed by atoms with Gasteiger partial charge in [-0.1, -0.05) is 54.6 Å². The first-order valence-corrected chi connectivity index (χ1v) is 18.1. The quantitative estimate of drug-likeness (QED) is 0.122. The van der Waals surface area contributed by atoms with Crippen molar-refractivity contribution in [1.82, 2.24) is 0 Å². The Morgan fingerprint density at radius 2 is 1.34 bits per heavy atom. The molecule has 0 aromatic heterocycles. The highest BCUT2D eigenvalue weighted by Gasteiger charge is 2.72. The van der Waals surface area contributed by atoms with Gasteiger partial charge >= 0.3 is 0 Å². The van der Waals surface area contributed by atoms with Crippen LogP contribution in [0.5, 0.6) is 28.7 Å². The molecule has 0 radical (unpaired) electrons. The fourth-order valence-electron chi connectivity index (χ4n) is 11.7. The van der Waals surface area contributed by atoms with E-state index in [2.05, 4.69) is 78.9 Å². The highest BCUT2D eigenvalue weighted by Crippen LogP contribution is 2.76. The number of Topliss-reactive ketones (excluding diaryl/α,β-unsaturated/α-hetero) is 1. The summed E-state index contributed by atoms with van der Waals surface area (Å²) in [6.45, 7) is 0. The monoisotopic (exact) mass is 698 g/mol. The molecule has 5 atom stereocenters. The molecular weight excluding hydrogens is 664 g/mol. The standard InChI is InChI=1S/C46H34O7/c1-48-30-17-26-31(49-2)19-27-37-38-32(50-3)18-25-28-13-14-29(53-28)33(25)41(38)46-39-24(15-16-45(46,44(37)47)20-21-9-7-6-8-10-21)43(52-5)42(51-4)23-12-11-22(30)34(35(23)39)36(26)40(27)46/h6-19,28-29,37H,20H2,1-5H3/t28-,29+,37-,45+,46-/m1/s1. The second kappa shape index (κ2) is 9.60. The Bertz CT molecular complexity index is 2810. The molecule has 260 valence electrons. The van der Waals surface area contributed by atoms with E-state index in [0.29, 0.717) is 29.4 Å². The summed E-state index contributed by atoms with van der Waals surface area (Å²) in [7, 11) is 8.54. The zero-order valence-corrected chi connectivity index (χ0v) is 29.9. The van der Waals surface area contributed by atoms with Crippen molar-refractivity contribution in [2.24, 2.45) is 5.41 Å². The van der Waals surface area contributed by atoms with Crippen molar-refractivity contribution in [3.8, 4) is 28.7 Å². The van der Waals surface area contributed by atoms with Gasteiger partial charge in [0.25, 0.3) is 0 Å². The van der Waals surface area contributed by atoms with E-state index in [1.54, 1.807) is 35.5 Å². The lowest BCUT2D eigenvalue weighted by molar-refractivity contribution is -0.131. The molecule has 2 aliphatic heterocycles. The number of carbonyl (C=O) groups excluding carboxylic acids is 1. The van der Waals surface area contributed by atoms with Gasteiger partial charge in [-0.2, -0.15) is 0 Å². The fourth-order valence-corrected chi connectivity index (χ4v) is 11.7. The maximum absolute atomic E-state index is 16.2. The molecular formula is C46H34O7. The summed E-state index contributed by atoms with van der Waals surface area (Å²) in [6, 6.07) is 21.0. The largest absolute Gasteiger partial charge is 0.496 e. The molecule has 5 aliphatic carbocycles. The Kier molecular flexibility index (Phi) is 5.39. The van der Waals surface area contributed by atoms with Gasteiger partial charge in [0.05, 0.1) is 52.3 Å². The van der Waals surface area contributed by atoms with Crippen LogP contribution in [0.3, 0.4) is 0 Å². The van der Waals surface area contributed by atoms with E-state index >= 15 is 4.79 Å². The lowest BCUT2D eigenvalue weighted by Crippen LogP contribution is -2.63. The third-order valence-electron chi connectivity index (χ3n) is 13.3. The number of allylic oxidation sites excluding steroid dienone is 1. The molecule has 7 aliphatic rings. The molecule has 2 heterocycles. The summed E-state index contributed by atoms with van der Waals surface area (Å²) >= 11 is 0. The minimum Gasteiger partial charge on any atom is -0.496 e. The summed E-state index contributed by atoms with van der Waals surface area (Å²) < 4.78 is 38.0. The first-order valence-electron chi connectivity index (χ1n) is 18.1.